The molecule has 0 aromatic carbocycles. The third-order valence-corrected chi connectivity index (χ3v) is 1.27. The van der Waals surface area contributed by atoms with Crippen LogP contribution in [0.3, 0.4) is 0 Å². The SMILES string of the molecule is O=C(OCO[N+](=O)[O-])C1CC1. The molecule has 1 aliphatic carbocycles. The molecule has 1 rings (SSSR count). The Morgan fingerprint density at radius 2 is 2.27 bits per heavy atom. The van der Waals surface area contributed by atoms with Crippen LogP contribution in [0, 0.1) is 16.0 Å². The monoisotopic (exact) mass is 161 g/mol. The number of hydrogen-bond acceptors (Lipinski definition) is 5. The number of carbonyl (C=O) groups excluding carboxylic acids is 1. The van der Waals surface area contributed by atoms with Crippen LogP contribution in [-0.2, 0) is 14.4 Å². The minimum absolute atomic E-state index is 0.0506. The van der Waals surface area contributed by atoms with Gasteiger partial charge in [0.05, 0.1) is 5.92 Å². The maximum Gasteiger partial charge on any atom is 0.310 e. The van der Waals surface area contributed by atoms with E-state index in [-0.39, 0.29) is 5.92 Å². The van der Waals surface area contributed by atoms with E-state index in [4.69, 9.17) is 0 Å². The number of rotatable bonds is 4. The van der Waals surface area contributed by atoms with E-state index in [2.05, 4.69) is 9.57 Å². The first-order chi connectivity index (χ1) is 5.20. The van der Waals surface area contributed by atoms with E-state index in [0.717, 1.165) is 12.8 Å². The van der Waals surface area contributed by atoms with E-state index in [9.17, 15) is 14.9 Å². The second kappa shape index (κ2) is 3.18. The number of ether oxygens (including phenoxy) is 1. The van der Waals surface area contributed by atoms with Crippen molar-refractivity contribution in [2.75, 3.05) is 6.79 Å². The van der Waals surface area contributed by atoms with Crippen molar-refractivity contribution < 1.29 is 19.5 Å². The molecule has 6 heteroatoms. The van der Waals surface area contributed by atoms with Crippen molar-refractivity contribution in [3.05, 3.63) is 10.1 Å². The number of esters is 1. The van der Waals surface area contributed by atoms with Gasteiger partial charge in [0, 0.05) is 0 Å². The summed E-state index contributed by atoms with van der Waals surface area (Å²) in [7, 11) is 0. The molecule has 0 heterocycles. The first-order valence-electron chi connectivity index (χ1n) is 3.14. The summed E-state index contributed by atoms with van der Waals surface area (Å²) in [5.41, 5.74) is 0. The third-order valence-electron chi connectivity index (χ3n) is 1.27. The molecule has 6 nitrogen and oxygen atoms in total. The number of nitrogens with zero attached hydrogens (tertiary/aromatic N) is 1. The summed E-state index contributed by atoms with van der Waals surface area (Å²) in [6.07, 6.45) is 1.63. The molecular formula is C5H7NO5. The topological polar surface area (TPSA) is 78.7 Å². The molecule has 0 spiro atoms. The Kier molecular flexibility index (Phi) is 2.25. The maximum absolute atomic E-state index is 10.7. The molecule has 1 saturated carbocycles. The van der Waals surface area contributed by atoms with Crippen LogP contribution in [0.25, 0.3) is 0 Å². The summed E-state index contributed by atoms with van der Waals surface area (Å²) < 4.78 is 4.37. The molecule has 0 aromatic heterocycles. The van der Waals surface area contributed by atoms with Gasteiger partial charge in [-0.3, -0.25) is 9.63 Å². The molecule has 1 aliphatic rings. The van der Waals surface area contributed by atoms with Gasteiger partial charge in [-0.25, -0.2) is 0 Å². The molecule has 1 fully saturated rings. The van der Waals surface area contributed by atoms with Crippen molar-refractivity contribution in [2.24, 2.45) is 5.92 Å². The fraction of sp³-hybridized carbons (Fsp3) is 0.800. The van der Waals surface area contributed by atoms with Crippen LogP contribution < -0.4 is 0 Å². The van der Waals surface area contributed by atoms with Crippen LogP contribution in [-0.4, -0.2) is 17.8 Å². The Morgan fingerprint density at radius 1 is 1.64 bits per heavy atom. The van der Waals surface area contributed by atoms with E-state index in [0.29, 0.717) is 0 Å². The van der Waals surface area contributed by atoms with Gasteiger partial charge in [-0.2, -0.15) is 0 Å². The van der Waals surface area contributed by atoms with Gasteiger partial charge < -0.3 is 4.74 Å². The number of hydrogen-bond donors (Lipinski definition) is 0. The predicted octanol–water partition coefficient (Wildman–Crippen LogP) is 0.105. The minimum Gasteiger partial charge on any atom is -0.438 e. The van der Waals surface area contributed by atoms with Crippen molar-refractivity contribution in [3.63, 3.8) is 0 Å². The van der Waals surface area contributed by atoms with Gasteiger partial charge in [-0.1, -0.05) is 0 Å². The molecule has 62 valence electrons. The van der Waals surface area contributed by atoms with Crippen molar-refractivity contribution >= 4 is 5.97 Å². The van der Waals surface area contributed by atoms with E-state index in [1.54, 1.807) is 0 Å². The van der Waals surface area contributed by atoms with Crippen molar-refractivity contribution in [2.45, 2.75) is 12.8 Å². The summed E-state index contributed by atoms with van der Waals surface area (Å²) in [5.74, 6) is -0.461. The van der Waals surface area contributed by atoms with Crippen LogP contribution in [0.1, 0.15) is 12.8 Å². The fourth-order valence-electron chi connectivity index (χ4n) is 0.564. The van der Waals surface area contributed by atoms with Crippen molar-refractivity contribution in [3.8, 4) is 0 Å². The zero-order valence-electron chi connectivity index (χ0n) is 5.69. The van der Waals surface area contributed by atoms with Gasteiger partial charge in [-0.15, -0.1) is 10.1 Å². The lowest BCUT2D eigenvalue weighted by molar-refractivity contribution is -0.765. The summed E-state index contributed by atoms with van der Waals surface area (Å²) >= 11 is 0. The highest BCUT2D eigenvalue weighted by Crippen LogP contribution is 2.29. The van der Waals surface area contributed by atoms with Crippen molar-refractivity contribution in [1.29, 1.82) is 0 Å². The molecule has 0 amide bonds. The molecular weight excluding hydrogens is 154 g/mol. The van der Waals surface area contributed by atoms with Gasteiger partial charge in [-0.05, 0) is 12.8 Å². The lowest BCUT2D eigenvalue weighted by Gasteiger charge is -1.99. The molecule has 0 bridgehead atoms. The average Bonchev–Trinajstić information content (AvgIpc) is 2.66. The predicted molar refractivity (Wildman–Crippen MR) is 31.8 cm³/mol. The van der Waals surface area contributed by atoms with Gasteiger partial charge in [0.2, 0.25) is 6.79 Å². The number of carbonyl (C=O) groups is 1. The zero-order chi connectivity index (χ0) is 8.27. The summed E-state index contributed by atoms with van der Waals surface area (Å²) in [6.45, 7) is -0.595. The Bertz CT molecular complexity index is 176. The molecule has 0 saturated heterocycles. The summed E-state index contributed by atoms with van der Waals surface area (Å²) in [4.78, 5) is 24.0. The second-order valence-corrected chi connectivity index (χ2v) is 2.21. The van der Waals surface area contributed by atoms with Gasteiger partial charge in [0.15, 0.2) is 0 Å². The van der Waals surface area contributed by atoms with E-state index in [1.807, 2.05) is 0 Å². The summed E-state index contributed by atoms with van der Waals surface area (Å²) in [6, 6.07) is 0. The van der Waals surface area contributed by atoms with E-state index >= 15 is 0 Å². The molecule has 0 aromatic rings. The lowest BCUT2D eigenvalue weighted by atomic mass is 10.4. The Balaban J connectivity index is 2.02. The van der Waals surface area contributed by atoms with Gasteiger partial charge >= 0.3 is 5.97 Å². The van der Waals surface area contributed by atoms with Gasteiger partial charge in [0.1, 0.15) is 0 Å². The molecule has 0 unspecified atom stereocenters. The highest BCUT2D eigenvalue weighted by atomic mass is 17.0. The second-order valence-electron chi connectivity index (χ2n) is 2.21. The normalized spacial score (nSPS) is 15.6. The lowest BCUT2D eigenvalue weighted by Crippen LogP contribution is -2.12. The van der Waals surface area contributed by atoms with E-state index < -0.39 is 17.8 Å². The Labute approximate surface area is 62.2 Å². The fourth-order valence-corrected chi connectivity index (χ4v) is 0.564. The molecule has 11 heavy (non-hydrogen) atoms. The minimum atomic E-state index is -1.000. The molecule has 0 N–H and O–H groups in total. The van der Waals surface area contributed by atoms with E-state index in [1.165, 1.54) is 0 Å². The van der Waals surface area contributed by atoms with Crippen LogP contribution in [0.2, 0.25) is 0 Å². The first-order valence-corrected chi connectivity index (χ1v) is 3.14. The smallest absolute Gasteiger partial charge is 0.310 e. The zero-order valence-corrected chi connectivity index (χ0v) is 5.69. The highest BCUT2D eigenvalue weighted by molar-refractivity contribution is 5.74. The van der Waals surface area contributed by atoms with Crippen LogP contribution >= 0.6 is 0 Å². The Morgan fingerprint density at radius 3 is 2.73 bits per heavy atom. The first kappa shape index (κ1) is 7.77. The third kappa shape index (κ3) is 2.83. The van der Waals surface area contributed by atoms with Crippen LogP contribution in [0.5, 0.6) is 0 Å². The van der Waals surface area contributed by atoms with Crippen LogP contribution in [0.15, 0.2) is 0 Å². The molecule has 0 radical (unpaired) electrons. The summed E-state index contributed by atoms with van der Waals surface area (Å²) in [5, 5.41) is 8.56. The Hall–Kier alpha value is -1.33. The molecule has 0 aliphatic heterocycles. The standard InChI is InChI=1S/C5H7NO5/c7-5(4-1-2-4)10-3-11-6(8)9/h4H,1-3H2. The average molecular weight is 161 g/mol. The quantitative estimate of drug-likeness (QED) is 0.253. The van der Waals surface area contributed by atoms with Gasteiger partial charge in [0.25, 0.3) is 5.09 Å². The largest absolute Gasteiger partial charge is 0.438 e. The molecule has 0 atom stereocenters. The maximum atomic E-state index is 10.7. The van der Waals surface area contributed by atoms with Crippen molar-refractivity contribution in [1.82, 2.24) is 0 Å². The highest BCUT2D eigenvalue weighted by Gasteiger charge is 2.31. The van der Waals surface area contributed by atoms with Crippen LogP contribution in [0.4, 0.5) is 0 Å².